The van der Waals surface area contributed by atoms with Gasteiger partial charge in [-0.1, -0.05) is 60.7 Å². The number of carboxylic acids is 1. The van der Waals surface area contributed by atoms with Crippen molar-refractivity contribution in [2.75, 3.05) is 79.7 Å². The molecule has 0 atom stereocenters. The number of hydrogen-bond acceptors (Lipinski definition) is 11. The fourth-order valence-electron chi connectivity index (χ4n) is 7.12. The molecule has 0 aliphatic carbocycles. The molecular weight excluding hydrogens is 1060 g/mol. The zero-order chi connectivity index (χ0) is 49.5. The van der Waals surface area contributed by atoms with Crippen LogP contribution >= 0.6 is 44.3 Å². The summed E-state index contributed by atoms with van der Waals surface area (Å²) in [6.45, 7) is 3.53. The van der Waals surface area contributed by atoms with E-state index in [-0.39, 0.29) is 60.5 Å². The van der Waals surface area contributed by atoms with E-state index in [1.54, 1.807) is 76.3 Å². The lowest BCUT2D eigenvalue weighted by Gasteiger charge is -2.35. The van der Waals surface area contributed by atoms with Crippen LogP contribution in [0.1, 0.15) is 41.7 Å². The topological polar surface area (TPSA) is 249 Å². The molecule has 6 aromatic rings. The maximum Gasteiger partial charge on any atom is 0.353 e. The van der Waals surface area contributed by atoms with Crippen molar-refractivity contribution in [2.24, 2.45) is 5.73 Å². The molecule has 5 amide bonds. The molecule has 2 saturated heterocycles. The third kappa shape index (κ3) is 14.2. The van der Waals surface area contributed by atoms with Gasteiger partial charge in [0.15, 0.2) is 0 Å². The monoisotopic (exact) mass is 1100 g/mol. The molecule has 2 aliphatic rings. The molecule has 2 aromatic heterocycles. The largest absolute Gasteiger partial charge is 0.497 e. The Morgan fingerprint density at radius 1 is 0.600 bits per heavy atom. The quantitative estimate of drug-likeness (QED) is 0.109. The second-order valence-corrected chi connectivity index (χ2v) is 17.0. The molecule has 2 fully saturated rings. The number of hydrogen-bond donors (Lipinski definition) is 5. The van der Waals surface area contributed by atoms with E-state index >= 15 is 0 Å². The Morgan fingerprint density at radius 2 is 1.00 bits per heavy atom. The SMILES string of the molecule is COc1ccc(Br)c(C(=O)N2CCN(C(=O)CN)CC2)c1.COc1ccc(Br)c(C(=O)N2CCN(C(=O)CNC(=O)c3cc(-c4ccccc4)n[nH]3)CC2)c1.Cl.O=C(O)c1cc(-c2ccccc2)n[nH]1. The highest BCUT2D eigenvalue weighted by molar-refractivity contribution is 9.10. The lowest BCUT2D eigenvalue weighted by molar-refractivity contribution is -0.132. The van der Waals surface area contributed by atoms with Crippen LogP contribution in [0, 0.1) is 0 Å². The van der Waals surface area contributed by atoms with E-state index in [1.807, 2.05) is 60.7 Å². The molecule has 4 heterocycles. The average Bonchev–Trinajstić information content (AvgIpc) is 4.11. The first-order valence-electron chi connectivity index (χ1n) is 21.5. The number of benzene rings is 4. The summed E-state index contributed by atoms with van der Waals surface area (Å²) in [6, 6.07) is 32.6. The van der Waals surface area contributed by atoms with Gasteiger partial charge in [0, 0.05) is 72.4 Å². The molecule has 8 rings (SSSR count). The molecule has 0 spiro atoms. The summed E-state index contributed by atoms with van der Waals surface area (Å²) in [6.07, 6.45) is 0. The third-order valence-electron chi connectivity index (χ3n) is 11.0. The number of carbonyl (C=O) groups is 6. The van der Waals surface area contributed by atoms with Crippen LogP contribution in [0.25, 0.3) is 22.5 Å². The summed E-state index contributed by atoms with van der Waals surface area (Å²) < 4.78 is 11.8. The number of ether oxygens (including phenoxy) is 2. The predicted octanol–water partition coefficient (Wildman–Crippen LogP) is 5.46. The van der Waals surface area contributed by atoms with Crippen LogP contribution in [0.15, 0.2) is 118 Å². The van der Waals surface area contributed by atoms with E-state index in [0.29, 0.717) is 90.8 Å². The number of aromatic carboxylic acids is 1. The number of piperazine rings is 2. The van der Waals surface area contributed by atoms with Crippen LogP contribution in [0.2, 0.25) is 0 Å². The summed E-state index contributed by atoms with van der Waals surface area (Å²) in [5.74, 6) is -0.641. The number of nitrogens with one attached hydrogen (secondary N) is 3. The molecule has 19 nitrogen and oxygen atoms in total. The first-order chi connectivity index (χ1) is 33.3. The van der Waals surface area contributed by atoms with Crippen molar-refractivity contribution in [1.82, 2.24) is 45.3 Å². The number of amides is 5. The fourth-order valence-corrected chi connectivity index (χ4v) is 7.96. The normalized spacial score (nSPS) is 13.0. The van der Waals surface area contributed by atoms with Gasteiger partial charge in [-0.05, 0) is 80.4 Å². The van der Waals surface area contributed by atoms with Crippen LogP contribution in [0.5, 0.6) is 11.5 Å². The highest BCUT2D eigenvalue weighted by Gasteiger charge is 2.28. The minimum Gasteiger partial charge on any atom is -0.497 e. The fraction of sp³-hybridized carbons (Fsp3) is 0.250. The number of carbonyl (C=O) groups excluding carboxylic acids is 5. The van der Waals surface area contributed by atoms with Crippen LogP contribution in [0.4, 0.5) is 0 Å². The molecule has 0 bridgehead atoms. The van der Waals surface area contributed by atoms with Crippen molar-refractivity contribution in [1.29, 1.82) is 0 Å². The van der Waals surface area contributed by atoms with E-state index < -0.39 is 11.9 Å². The van der Waals surface area contributed by atoms with Gasteiger partial charge in [0.1, 0.15) is 22.9 Å². The Labute approximate surface area is 426 Å². The smallest absolute Gasteiger partial charge is 0.353 e. The molecule has 4 aromatic carbocycles. The van der Waals surface area contributed by atoms with Gasteiger partial charge in [0.2, 0.25) is 11.8 Å². The molecule has 6 N–H and O–H groups in total. The number of aromatic nitrogens is 4. The van der Waals surface area contributed by atoms with Crippen molar-refractivity contribution < 1.29 is 43.3 Å². The summed E-state index contributed by atoms with van der Waals surface area (Å²) in [5, 5.41) is 24.5. The van der Waals surface area contributed by atoms with E-state index in [1.165, 1.54) is 6.07 Å². The number of nitrogens with two attached hydrogens (primary N) is 1. The zero-order valence-corrected chi connectivity index (χ0v) is 42.1. The minimum atomic E-state index is -1.00. The van der Waals surface area contributed by atoms with Crippen LogP contribution < -0.4 is 20.5 Å². The van der Waals surface area contributed by atoms with E-state index in [9.17, 15) is 28.8 Å². The summed E-state index contributed by atoms with van der Waals surface area (Å²) in [4.78, 5) is 79.4. The Kier molecular flexibility index (Phi) is 20.1. The standard InChI is InChI=1S/C24H24BrN5O4.C14H18BrN3O3.C10H8N2O2.ClH/c1-34-17-7-8-19(25)18(13-17)24(33)30-11-9-29(10-12-30)22(31)15-26-23(32)21-14-20(27-28-21)16-5-3-2-4-6-16;1-21-10-2-3-12(15)11(8-10)14(20)18-6-4-17(5-7-18)13(19)9-16;13-10(14)9-6-8(11-12-9)7-4-2-1-3-5-7;/h2-8,13-14H,9-12,15H2,1H3,(H,26,32)(H,27,28);2-3,8H,4-7,9,16H2,1H3;1-6H,(H,11,12)(H,13,14);1H. The molecule has 70 heavy (non-hydrogen) atoms. The third-order valence-corrected chi connectivity index (χ3v) is 12.4. The highest BCUT2D eigenvalue weighted by atomic mass is 79.9. The van der Waals surface area contributed by atoms with Gasteiger partial charge < -0.3 is 45.2 Å². The van der Waals surface area contributed by atoms with Gasteiger partial charge in [0.05, 0.1) is 49.8 Å². The summed E-state index contributed by atoms with van der Waals surface area (Å²) in [7, 11) is 3.11. The van der Waals surface area contributed by atoms with Crippen LogP contribution in [-0.4, -0.2) is 160 Å². The number of carboxylic acid groups (broad SMARTS) is 1. The molecule has 0 unspecified atom stereocenters. The van der Waals surface area contributed by atoms with Gasteiger partial charge in [-0.3, -0.25) is 34.2 Å². The second kappa shape index (κ2) is 26.1. The Balaban J connectivity index is 0.000000215. The average molecular weight is 1110 g/mol. The first kappa shape index (κ1) is 53.9. The van der Waals surface area contributed by atoms with E-state index in [0.717, 1.165) is 15.6 Å². The van der Waals surface area contributed by atoms with Gasteiger partial charge in [-0.2, -0.15) is 10.2 Å². The second-order valence-electron chi connectivity index (χ2n) is 15.3. The highest BCUT2D eigenvalue weighted by Crippen LogP contribution is 2.26. The Morgan fingerprint density at radius 3 is 1.40 bits per heavy atom. The Bertz CT molecular complexity index is 2750. The maximum atomic E-state index is 12.9. The molecule has 0 saturated carbocycles. The van der Waals surface area contributed by atoms with Gasteiger partial charge in [-0.25, -0.2) is 4.79 Å². The van der Waals surface area contributed by atoms with Gasteiger partial charge in [-0.15, -0.1) is 12.4 Å². The van der Waals surface area contributed by atoms with Crippen LogP contribution in [0.3, 0.4) is 0 Å². The summed E-state index contributed by atoms with van der Waals surface area (Å²) >= 11 is 6.80. The number of H-pyrrole nitrogens is 2. The number of rotatable bonds is 11. The number of methoxy groups -OCH3 is 2. The van der Waals surface area contributed by atoms with E-state index in [2.05, 4.69) is 57.6 Å². The van der Waals surface area contributed by atoms with Crippen molar-refractivity contribution >= 4 is 79.8 Å². The lowest BCUT2D eigenvalue weighted by Crippen LogP contribution is -2.52. The summed E-state index contributed by atoms with van der Waals surface area (Å²) in [5.41, 5.74) is 9.90. The maximum absolute atomic E-state index is 12.9. The molecular formula is C48H51Br2ClN10O9. The van der Waals surface area contributed by atoms with Crippen LogP contribution in [-0.2, 0) is 9.59 Å². The predicted molar refractivity (Wildman–Crippen MR) is 270 cm³/mol. The van der Waals surface area contributed by atoms with Gasteiger partial charge in [0.25, 0.3) is 17.7 Å². The molecule has 0 radical (unpaired) electrons. The number of nitrogens with zero attached hydrogens (tertiary/aromatic N) is 6. The molecule has 368 valence electrons. The number of aromatic amines is 2. The van der Waals surface area contributed by atoms with E-state index in [4.69, 9.17) is 20.3 Å². The molecule has 2 aliphatic heterocycles. The van der Waals surface area contributed by atoms with Crippen molar-refractivity contribution in [3.8, 4) is 34.0 Å². The van der Waals surface area contributed by atoms with Gasteiger partial charge >= 0.3 is 5.97 Å². The molecule has 22 heteroatoms. The minimum absolute atomic E-state index is 0. The first-order valence-corrected chi connectivity index (χ1v) is 23.1. The van der Waals surface area contributed by atoms with Crippen molar-refractivity contribution in [2.45, 2.75) is 0 Å². The number of halogens is 3. The lowest BCUT2D eigenvalue weighted by atomic mass is 10.1. The Hall–Kier alpha value is -7.07. The zero-order valence-electron chi connectivity index (χ0n) is 38.1. The van der Waals surface area contributed by atoms with Crippen molar-refractivity contribution in [3.63, 3.8) is 0 Å². The van der Waals surface area contributed by atoms with Crippen molar-refractivity contribution in [3.05, 3.63) is 141 Å².